The highest BCUT2D eigenvalue weighted by Gasteiger charge is 2.36. The predicted molar refractivity (Wildman–Crippen MR) is 119 cm³/mol. The second-order valence-corrected chi connectivity index (χ2v) is 7.39. The number of amides is 1. The van der Waals surface area contributed by atoms with Gasteiger partial charge in [0.2, 0.25) is 5.91 Å². The number of methoxy groups -OCH3 is 3. The van der Waals surface area contributed by atoms with Crippen LogP contribution < -0.4 is 14.2 Å². The number of hydrogen-bond acceptors (Lipinski definition) is 6. The molecule has 0 spiro atoms. The van der Waals surface area contributed by atoms with E-state index in [9.17, 15) is 4.79 Å². The van der Waals surface area contributed by atoms with Crippen molar-refractivity contribution in [2.75, 3.05) is 21.3 Å². The molecule has 0 fully saturated rings. The summed E-state index contributed by atoms with van der Waals surface area (Å²) in [6, 6.07) is 13.3. The molecule has 1 unspecified atom stereocenters. The van der Waals surface area contributed by atoms with Crippen LogP contribution in [0.15, 0.2) is 47.6 Å². The SMILES string of the molecule is COc1cc(OC)c(C2CC(c3cc4ccccc4nc3C)=NN2C(C)=O)c(OC)c1. The van der Waals surface area contributed by atoms with Gasteiger partial charge in [0.1, 0.15) is 17.2 Å². The van der Waals surface area contributed by atoms with Gasteiger partial charge in [0.25, 0.3) is 0 Å². The van der Waals surface area contributed by atoms with Gasteiger partial charge in [-0.2, -0.15) is 5.10 Å². The third-order valence-electron chi connectivity index (χ3n) is 5.54. The fourth-order valence-corrected chi connectivity index (χ4v) is 4.05. The van der Waals surface area contributed by atoms with Crippen molar-refractivity contribution in [3.05, 3.63) is 59.3 Å². The minimum absolute atomic E-state index is 0.161. The van der Waals surface area contributed by atoms with Crippen LogP contribution in [0.2, 0.25) is 0 Å². The van der Waals surface area contributed by atoms with Gasteiger partial charge in [0.15, 0.2) is 0 Å². The highest BCUT2D eigenvalue weighted by molar-refractivity contribution is 6.06. The Kier molecular flexibility index (Phi) is 5.50. The maximum atomic E-state index is 12.5. The molecule has 0 aliphatic carbocycles. The van der Waals surface area contributed by atoms with E-state index in [-0.39, 0.29) is 11.9 Å². The van der Waals surface area contributed by atoms with Crippen molar-refractivity contribution in [3.8, 4) is 17.2 Å². The second kappa shape index (κ2) is 8.26. The zero-order chi connectivity index (χ0) is 22.1. The summed E-state index contributed by atoms with van der Waals surface area (Å²) in [5.41, 5.74) is 4.29. The maximum Gasteiger partial charge on any atom is 0.240 e. The molecule has 1 atom stereocenters. The number of pyridine rings is 1. The van der Waals surface area contributed by atoms with Gasteiger partial charge in [-0.05, 0) is 19.1 Å². The zero-order valence-electron chi connectivity index (χ0n) is 18.3. The van der Waals surface area contributed by atoms with Gasteiger partial charge in [-0.3, -0.25) is 9.78 Å². The third kappa shape index (κ3) is 3.67. The standard InChI is InChI=1S/C24H25N3O4/c1-14-18(10-16-8-6-7-9-19(16)25-14)20-13-21(27(26-20)15(2)28)24-22(30-4)11-17(29-3)12-23(24)31-5/h6-12,21H,13H2,1-5H3. The molecule has 0 saturated heterocycles. The van der Waals surface area contributed by atoms with Crippen LogP contribution in [0.5, 0.6) is 17.2 Å². The molecule has 1 amide bonds. The van der Waals surface area contributed by atoms with Gasteiger partial charge in [-0.15, -0.1) is 0 Å². The maximum absolute atomic E-state index is 12.5. The molecule has 7 heteroatoms. The first kappa shape index (κ1) is 20.7. The summed E-state index contributed by atoms with van der Waals surface area (Å²) in [4.78, 5) is 17.3. The molecular formula is C24H25N3O4. The Balaban J connectivity index is 1.82. The number of aromatic nitrogens is 1. The van der Waals surface area contributed by atoms with Gasteiger partial charge in [0.05, 0.1) is 44.2 Å². The van der Waals surface area contributed by atoms with Gasteiger partial charge >= 0.3 is 0 Å². The Morgan fingerprint density at radius 2 is 1.71 bits per heavy atom. The summed E-state index contributed by atoms with van der Waals surface area (Å²) in [5, 5.41) is 7.22. The summed E-state index contributed by atoms with van der Waals surface area (Å²) >= 11 is 0. The Morgan fingerprint density at radius 1 is 1.03 bits per heavy atom. The van der Waals surface area contributed by atoms with Crippen molar-refractivity contribution in [3.63, 3.8) is 0 Å². The Morgan fingerprint density at radius 3 is 2.32 bits per heavy atom. The first-order valence-electron chi connectivity index (χ1n) is 10.0. The van der Waals surface area contributed by atoms with E-state index in [1.165, 1.54) is 11.9 Å². The van der Waals surface area contributed by atoms with E-state index in [4.69, 9.17) is 24.3 Å². The van der Waals surface area contributed by atoms with Crippen LogP contribution in [-0.2, 0) is 4.79 Å². The number of carbonyl (C=O) groups excluding carboxylic acids is 1. The van der Waals surface area contributed by atoms with Crippen LogP contribution in [0.3, 0.4) is 0 Å². The van der Waals surface area contributed by atoms with E-state index in [2.05, 4.69) is 6.07 Å². The molecular weight excluding hydrogens is 394 g/mol. The molecule has 1 aliphatic rings. The highest BCUT2D eigenvalue weighted by atomic mass is 16.5. The van der Waals surface area contributed by atoms with E-state index in [0.717, 1.165) is 33.4 Å². The zero-order valence-corrected chi connectivity index (χ0v) is 18.3. The topological polar surface area (TPSA) is 73.3 Å². The van der Waals surface area contributed by atoms with Crippen LogP contribution in [0, 0.1) is 6.92 Å². The van der Waals surface area contributed by atoms with Crippen LogP contribution in [0.4, 0.5) is 0 Å². The van der Waals surface area contributed by atoms with E-state index < -0.39 is 0 Å². The number of fused-ring (bicyclic) bond motifs is 1. The number of hydrogen-bond donors (Lipinski definition) is 0. The van der Waals surface area contributed by atoms with E-state index in [1.807, 2.05) is 31.2 Å². The molecule has 2 aromatic carbocycles. The lowest BCUT2D eigenvalue weighted by Crippen LogP contribution is -2.25. The molecule has 3 aromatic rings. The third-order valence-corrected chi connectivity index (χ3v) is 5.54. The average Bonchev–Trinajstić information content (AvgIpc) is 3.22. The van der Waals surface area contributed by atoms with Crippen LogP contribution in [0.25, 0.3) is 10.9 Å². The summed E-state index contributed by atoms with van der Waals surface area (Å²) in [6.07, 6.45) is 0.513. The minimum atomic E-state index is -0.367. The number of carbonyl (C=O) groups is 1. The molecule has 1 aliphatic heterocycles. The number of para-hydroxylation sites is 1. The van der Waals surface area contributed by atoms with Gasteiger partial charge in [-0.25, -0.2) is 5.01 Å². The lowest BCUT2D eigenvalue weighted by atomic mass is 9.95. The van der Waals surface area contributed by atoms with Crippen molar-refractivity contribution in [1.29, 1.82) is 0 Å². The molecule has 2 heterocycles. The number of ether oxygens (including phenoxy) is 3. The molecule has 0 bridgehead atoms. The monoisotopic (exact) mass is 419 g/mol. The molecule has 7 nitrogen and oxygen atoms in total. The lowest BCUT2D eigenvalue weighted by Gasteiger charge is -2.24. The summed E-state index contributed by atoms with van der Waals surface area (Å²) in [5.74, 6) is 1.61. The van der Waals surface area contributed by atoms with Crippen molar-refractivity contribution in [1.82, 2.24) is 9.99 Å². The van der Waals surface area contributed by atoms with E-state index >= 15 is 0 Å². The summed E-state index contributed by atoms with van der Waals surface area (Å²) < 4.78 is 16.6. The van der Waals surface area contributed by atoms with Crippen LogP contribution in [-0.4, -0.2) is 42.9 Å². The van der Waals surface area contributed by atoms with Crippen molar-refractivity contribution in [2.24, 2.45) is 5.10 Å². The van der Waals surface area contributed by atoms with Gasteiger partial charge < -0.3 is 14.2 Å². The number of aryl methyl sites for hydroxylation is 1. The first-order valence-corrected chi connectivity index (χ1v) is 10.0. The van der Waals surface area contributed by atoms with Crippen LogP contribution >= 0.6 is 0 Å². The van der Waals surface area contributed by atoms with Gasteiger partial charge in [-0.1, -0.05) is 18.2 Å². The molecule has 0 radical (unpaired) electrons. The van der Waals surface area contributed by atoms with Crippen molar-refractivity contribution < 1.29 is 19.0 Å². The Labute approximate surface area is 181 Å². The van der Waals surface area contributed by atoms with E-state index in [1.54, 1.807) is 33.5 Å². The molecule has 160 valence electrons. The average molecular weight is 419 g/mol. The quantitative estimate of drug-likeness (QED) is 0.618. The molecule has 1 aromatic heterocycles. The molecule has 4 rings (SSSR count). The normalized spacial score (nSPS) is 15.7. The predicted octanol–water partition coefficient (Wildman–Crippen LogP) is 4.27. The number of hydrazone groups is 1. The number of benzene rings is 2. The Bertz CT molecular complexity index is 1160. The fraction of sp³-hybridized carbons (Fsp3) is 0.292. The smallest absolute Gasteiger partial charge is 0.240 e. The number of nitrogens with zero attached hydrogens (tertiary/aromatic N) is 3. The lowest BCUT2D eigenvalue weighted by molar-refractivity contribution is -0.130. The van der Waals surface area contributed by atoms with Crippen LogP contribution in [0.1, 0.15) is 36.2 Å². The molecule has 0 saturated carbocycles. The second-order valence-electron chi connectivity index (χ2n) is 7.39. The first-order chi connectivity index (χ1) is 15.0. The van der Waals surface area contributed by atoms with Gasteiger partial charge in [0, 0.05) is 42.1 Å². The fourth-order valence-electron chi connectivity index (χ4n) is 4.05. The summed E-state index contributed by atoms with van der Waals surface area (Å²) in [7, 11) is 4.76. The molecule has 0 N–H and O–H groups in total. The summed E-state index contributed by atoms with van der Waals surface area (Å²) in [6.45, 7) is 3.47. The largest absolute Gasteiger partial charge is 0.496 e. The van der Waals surface area contributed by atoms with Crippen molar-refractivity contribution >= 4 is 22.5 Å². The number of rotatable bonds is 5. The minimum Gasteiger partial charge on any atom is -0.496 e. The van der Waals surface area contributed by atoms with Crippen molar-refractivity contribution in [2.45, 2.75) is 26.3 Å². The molecule has 31 heavy (non-hydrogen) atoms. The van der Waals surface area contributed by atoms with E-state index in [0.29, 0.717) is 23.7 Å². The Hall–Kier alpha value is -3.61. The highest BCUT2D eigenvalue weighted by Crippen LogP contribution is 2.45.